The van der Waals surface area contributed by atoms with E-state index in [4.69, 9.17) is 4.74 Å². The minimum atomic E-state index is -0.848. The molecule has 0 aliphatic heterocycles. The molecular weight excluding hydrogens is 325 g/mol. The van der Waals surface area contributed by atoms with Crippen LogP contribution >= 0.6 is 0 Å². The third kappa shape index (κ3) is 3.53. The van der Waals surface area contributed by atoms with Crippen molar-refractivity contribution in [2.75, 3.05) is 6.61 Å². The molecule has 0 aliphatic carbocycles. The van der Waals surface area contributed by atoms with Gasteiger partial charge in [0, 0.05) is 5.56 Å². The zero-order valence-electron chi connectivity index (χ0n) is 13.9. The van der Waals surface area contributed by atoms with Gasteiger partial charge in [0.2, 0.25) is 0 Å². The van der Waals surface area contributed by atoms with E-state index in [9.17, 15) is 13.2 Å². The van der Waals surface area contributed by atoms with Crippen LogP contribution in [-0.4, -0.2) is 6.61 Å². The predicted molar refractivity (Wildman–Crippen MR) is 93.1 cm³/mol. The number of hydrogen-bond donors (Lipinski definition) is 0. The molecule has 0 amide bonds. The molecule has 0 heterocycles. The Morgan fingerprint density at radius 2 is 1.28 bits per heavy atom. The Kier molecular flexibility index (Phi) is 4.79. The third-order valence-corrected chi connectivity index (χ3v) is 3.95. The van der Waals surface area contributed by atoms with E-state index in [1.165, 1.54) is 12.1 Å². The quantitative estimate of drug-likeness (QED) is 0.553. The lowest BCUT2D eigenvalue weighted by molar-refractivity contribution is 0.303. The molecule has 3 aromatic carbocycles. The number of halogens is 3. The van der Waals surface area contributed by atoms with E-state index in [2.05, 4.69) is 0 Å². The summed E-state index contributed by atoms with van der Waals surface area (Å²) >= 11 is 0. The summed E-state index contributed by atoms with van der Waals surface area (Å²) in [4.78, 5) is 0. The van der Waals surface area contributed by atoms with Gasteiger partial charge in [-0.25, -0.2) is 13.2 Å². The van der Waals surface area contributed by atoms with Gasteiger partial charge in [0.25, 0.3) is 0 Å². The molecule has 0 saturated carbocycles. The first kappa shape index (κ1) is 17.1. The number of hydrogen-bond acceptors (Lipinski definition) is 1. The Balaban J connectivity index is 2.00. The van der Waals surface area contributed by atoms with Gasteiger partial charge in [-0.1, -0.05) is 42.0 Å². The highest BCUT2D eigenvalue weighted by Crippen LogP contribution is 2.32. The number of aryl methyl sites for hydroxylation is 1. The summed E-state index contributed by atoms with van der Waals surface area (Å²) in [5, 5.41) is 0. The van der Waals surface area contributed by atoms with Gasteiger partial charge in [-0.2, -0.15) is 0 Å². The second-order valence-electron chi connectivity index (χ2n) is 5.76. The van der Waals surface area contributed by atoms with E-state index < -0.39 is 23.2 Å². The zero-order valence-corrected chi connectivity index (χ0v) is 13.9. The molecule has 0 aliphatic rings. The molecule has 128 valence electrons. The zero-order chi connectivity index (χ0) is 18.0. The summed E-state index contributed by atoms with van der Waals surface area (Å²) in [6.45, 7) is 3.76. The van der Waals surface area contributed by atoms with Crippen LogP contribution in [0.15, 0.2) is 54.6 Å². The lowest BCUT2D eigenvalue weighted by atomic mass is 9.99. The van der Waals surface area contributed by atoms with Crippen LogP contribution in [-0.2, 0) is 0 Å². The molecule has 0 aromatic heterocycles. The van der Waals surface area contributed by atoms with Crippen molar-refractivity contribution < 1.29 is 17.9 Å². The van der Waals surface area contributed by atoms with Crippen LogP contribution in [0.3, 0.4) is 0 Å². The summed E-state index contributed by atoms with van der Waals surface area (Å²) in [7, 11) is 0. The van der Waals surface area contributed by atoms with Crippen LogP contribution < -0.4 is 4.74 Å². The minimum absolute atomic E-state index is 0.131. The Bertz CT molecular complexity index is 879. The van der Waals surface area contributed by atoms with Gasteiger partial charge in [-0.15, -0.1) is 0 Å². The number of benzene rings is 3. The summed E-state index contributed by atoms with van der Waals surface area (Å²) in [5.74, 6) is -2.68. The number of rotatable bonds is 4. The lowest BCUT2D eigenvalue weighted by Gasteiger charge is -2.10. The van der Waals surface area contributed by atoms with E-state index in [-0.39, 0.29) is 17.7 Å². The van der Waals surface area contributed by atoms with Crippen molar-refractivity contribution in [2.45, 2.75) is 13.8 Å². The molecule has 0 bridgehead atoms. The van der Waals surface area contributed by atoms with Gasteiger partial charge >= 0.3 is 0 Å². The van der Waals surface area contributed by atoms with Gasteiger partial charge in [0.1, 0.15) is 5.82 Å². The Hall–Kier alpha value is -2.75. The van der Waals surface area contributed by atoms with Crippen LogP contribution in [0.5, 0.6) is 5.75 Å². The van der Waals surface area contributed by atoms with Crippen molar-refractivity contribution in [3.05, 3.63) is 77.6 Å². The average Bonchev–Trinajstić information content (AvgIpc) is 2.58. The van der Waals surface area contributed by atoms with E-state index >= 15 is 0 Å². The SMILES string of the molecule is CCOc1c(F)cc(-c2ccc(-c3ccc(C)cc3)cc2F)cc1F. The Labute approximate surface area is 144 Å². The Morgan fingerprint density at radius 1 is 0.720 bits per heavy atom. The Morgan fingerprint density at radius 3 is 1.84 bits per heavy atom. The molecule has 0 atom stereocenters. The van der Waals surface area contributed by atoms with Gasteiger partial charge in [0.15, 0.2) is 17.4 Å². The first-order chi connectivity index (χ1) is 12.0. The van der Waals surface area contributed by atoms with E-state index in [1.807, 2.05) is 31.2 Å². The molecule has 3 rings (SSSR count). The smallest absolute Gasteiger partial charge is 0.190 e. The summed E-state index contributed by atoms with van der Waals surface area (Å²) in [6, 6.07) is 14.5. The van der Waals surface area contributed by atoms with Crippen molar-refractivity contribution in [3.63, 3.8) is 0 Å². The van der Waals surface area contributed by atoms with Gasteiger partial charge in [-0.05, 0) is 48.7 Å². The summed E-state index contributed by atoms with van der Waals surface area (Å²) in [5.41, 5.74) is 2.96. The second kappa shape index (κ2) is 7.01. The molecule has 0 spiro atoms. The molecule has 0 N–H and O–H groups in total. The molecule has 25 heavy (non-hydrogen) atoms. The van der Waals surface area contributed by atoms with Crippen LogP contribution in [0.25, 0.3) is 22.3 Å². The fourth-order valence-electron chi connectivity index (χ4n) is 2.67. The largest absolute Gasteiger partial charge is 0.488 e. The van der Waals surface area contributed by atoms with Crippen molar-refractivity contribution in [1.29, 1.82) is 0 Å². The standard InChI is InChI=1S/C21H17F3O/c1-3-25-21-19(23)11-16(12-20(21)24)17-9-8-15(10-18(17)22)14-6-4-13(2)5-7-14/h4-12H,3H2,1-2H3. The molecule has 0 radical (unpaired) electrons. The third-order valence-electron chi connectivity index (χ3n) is 3.95. The molecule has 4 heteroatoms. The van der Waals surface area contributed by atoms with Crippen molar-refractivity contribution in [2.24, 2.45) is 0 Å². The monoisotopic (exact) mass is 342 g/mol. The fourth-order valence-corrected chi connectivity index (χ4v) is 2.67. The fraction of sp³-hybridized carbons (Fsp3) is 0.143. The average molecular weight is 342 g/mol. The lowest BCUT2D eigenvalue weighted by Crippen LogP contribution is -1.99. The van der Waals surface area contributed by atoms with Crippen molar-refractivity contribution >= 4 is 0 Å². The van der Waals surface area contributed by atoms with Gasteiger partial charge < -0.3 is 4.74 Å². The summed E-state index contributed by atoms with van der Waals surface area (Å²) < 4.78 is 47.5. The van der Waals surface area contributed by atoms with Crippen molar-refractivity contribution in [3.8, 4) is 28.0 Å². The highest BCUT2D eigenvalue weighted by atomic mass is 19.1. The van der Waals surface area contributed by atoms with Crippen LogP contribution in [0.1, 0.15) is 12.5 Å². The molecule has 0 fully saturated rings. The molecule has 3 aromatic rings. The topological polar surface area (TPSA) is 9.23 Å². The first-order valence-corrected chi connectivity index (χ1v) is 7.98. The first-order valence-electron chi connectivity index (χ1n) is 7.98. The minimum Gasteiger partial charge on any atom is -0.488 e. The summed E-state index contributed by atoms with van der Waals surface area (Å²) in [6.07, 6.45) is 0. The molecule has 0 unspecified atom stereocenters. The van der Waals surface area contributed by atoms with Crippen LogP contribution in [0.4, 0.5) is 13.2 Å². The maximum absolute atomic E-state index is 14.5. The normalized spacial score (nSPS) is 10.8. The molecule has 1 nitrogen and oxygen atoms in total. The van der Waals surface area contributed by atoms with Crippen LogP contribution in [0, 0.1) is 24.4 Å². The van der Waals surface area contributed by atoms with Crippen molar-refractivity contribution in [1.82, 2.24) is 0 Å². The van der Waals surface area contributed by atoms with E-state index in [0.717, 1.165) is 23.3 Å². The maximum atomic E-state index is 14.5. The number of ether oxygens (including phenoxy) is 1. The van der Waals surface area contributed by atoms with Gasteiger partial charge in [-0.3, -0.25) is 0 Å². The van der Waals surface area contributed by atoms with E-state index in [1.54, 1.807) is 13.0 Å². The van der Waals surface area contributed by atoms with Gasteiger partial charge in [0.05, 0.1) is 6.61 Å². The highest BCUT2D eigenvalue weighted by Gasteiger charge is 2.15. The molecule has 0 saturated heterocycles. The highest BCUT2D eigenvalue weighted by molar-refractivity contribution is 5.71. The molecular formula is C21H17F3O. The van der Waals surface area contributed by atoms with E-state index in [0.29, 0.717) is 5.56 Å². The predicted octanol–water partition coefficient (Wildman–Crippen LogP) is 6.15. The second-order valence-corrected chi connectivity index (χ2v) is 5.76. The van der Waals surface area contributed by atoms with Crippen LogP contribution in [0.2, 0.25) is 0 Å². The maximum Gasteiger partial charge on any atom is 0.190 e.